The first-order chi connectivity index (χ1) is 7.36. The number of hydrogen-bond acceptors (Lipinski definition) is 3. The maximum Gasteiger partial charge on any atom is 0.0300 e. The zero-order chi connectivity index (χ0) is 10.5. The molecule has 1 unspecified atom stereocenters. The third-order valence-electron chi connectivity index (χ3n) is 3.21. The van der Waals surface area contributed by atoms with Crippen LogP contribution in [-0.4, -0.2) is 19.6 Å². The zero-order valence-corrected chi connectivity index (χ0v) is 10.1. The number of hydrogen-bond donors (Lipinski definition) is 2. The molecule has 1 aromatic rings. The van der Waals surface area contributed by atoms with Crippen LogP contribution in [0.4, 0.5) is 0 Å². The van der Waals surface area contributed by atoms with Gasteiger partial charge in [0.25, 0.3) is 0 Å². The molecule has 0 spiro atoms. The van der Waals surface area contributed by atoms with Crippen molar-refractivity contribution >= 4 is 11.3 Å². The van der Waals surface area contributed by atoms with Crippen LogP contribution in [0.1, 0.15) is 31.4 Å². The topological polar surface area (TPSA) is 24.1 Å². The Balaban J connectivity index is 1.73. The van der Waals surface area contributed by atoms with Crippen LogP contribution < -0.4 is 10.6 Å². The van der Waals surface area contributed by atoms with E-state index in [0.29, 0.717) is 6.04 Å². The molecule has 0 aliphatic carbocycles. The van der Waals surface area contributed by atoms with E-state index in [-0.39, 0.29) is 0 Å². The maximum absolute atomic E-state index is 3.63. The Morgan fingerprint density at radius 2 is 2.33 bits per heavy atom. The predicted octanol–water partition coefficient (Wildman–Crippen LogP) is 2.40. The van der Waals surface area contributed by atoms with Crippen LogP contribution in [0, 0.1) is 5.92 Å². The highest BCUT2D eigenvalue weighted by Gasteiger charge is 2.14. The fraction of sp³-hybridized carbons (Fsp3) is 0.667. The number of piperidine rings is 1. The van der Waals surface area contributed by atoms with Crippen LogP contribution in [0.25, 0.3) is 0 Å². The van der Waals surface area contributed by atoms with Crippen molar-refractivity contribution in [1.82, 2.24) is 10.6 Å². The summed E-state index contributed by atoms with van der Waals surface area (Å²) in [5.41, 5.74) is 1.42. The van der Waals surface area contributed by atoms with E-state index in [2.05, 4.69) is 34.4 Å². The molecule has 0 saturated carbocycles. The summed E-state index contributed by atoms with van der Waals surface area (Å²) in [6.07, 6.45) is 2.65. The molecule has 84 valence electrons. The molecule has 1 aliphatic heterocycles. The molecule has 0 bridgehead atoms. The molecular weight excluding hydrogens is 204 g/mol. The van der Waals surface area contributed by atoms with Crippen LogP contribution in [0.3, 0.4) is 0 Å². The van der Waals surface area contributed by atoms with Gasteiger partial charge in [-0.2, -0.15) is 11.3 Å². The van der Waals surface area contributed by atoms with Crippen molar-refractivity contribution in [1.29, 1.82) is 0 Å². The average Bonchev–Trinajstić information content (AvgIpc) is 2.81. The van der Waals surface area contributed by atoms with Gasteiger partial charge in [-0.1, -0.05) is 0 Å². The summed E-state index contributed by atoms with van der Waals surface area (Å²) in [4.78, 5) is 0. The van der Waals surface area contributed by atoms with E-state index in [4.69, 9.17) is 0 Å². The molecule has 2 nitrogen and oxygen atoms in total. The molecular formula is C12H20N2S. The van der Waals surface area contributed by atoms with Gasteiger partial charge in [-0.05, 0) is 67.7 Å². The van der Waals surface area contributed by atoms with Crippen LogP contribution >= 0.6 is 11.3 Å². The normalized spacial score (nSPS) is 20.3. The molecule has 2 rings (SSSR count). The summed E-state index contributed by atoms with van der Waals surface area (Å²) in [6, 6.07) is 2.72. The van der Waals surface area contributed by atoms with Gasteiger partial charge in [0.15, 0.2) is 0 Å². The quantitative estimate of drug-likeness (QED) is 0.820. The minimum Gasteiger partial charge on any atom is -0.317 e. The fourth-order valence-corrected chi connectivity index (χ4v) is 2.82. The van der Waals surface area contributed by atoms with Crippen molar-refractivity contribution in [3.05, 3.63) is 22.4 Å². The third-order valence-corrected chi connectivity index (χ3v) is 3.92. The second-order valence-corrected chi connectivity index (χ2v) is 5.16. The molecule has 0 aromatic carbocycles. The highest BCUT2D eigenvalue weighted by Crippen LogP contribution is 2.17. The van der Waals surface area contributed by atoms with Crippen molar-refractivity contribution in [2.24, 2.45) is 5.92 Å². The molecule has 3 heteroatoms. The highest BCUT2D eigenvalue weighted by molar-refractivity contribution is 7.07. The lowest BCUT2D eigenvalue weighted by Gasteiger charge is -2.24. The third kappa shape index (κ3) is 3.30. The van der Waals surface area contributed by atoms with Crippen LogP contribution in [0.5, 0.6) is 0 Å². The molecule has 2 N–H and O–H groups in total. The molecule has 0 amide bonds. The van der Waals surface area contributed by atoms with E-state index < -0.39 is 0 Å². The number of nitrogens with one attached hydrogen (secondary N) is 2. The van der Waals surface area contributed by atoms with Gasteiger partial charge < -0.3 is 10.6 Å². The minimum absolute atomic E-state index is 0.506. The van der Waals surface area contributed by atoms with Crippen molar-refractivity contribution in [2.75, 3.05) is 19.6 Å². The first-order valence-corrected chi connectivity index (χ1v) is 6.77. The van der Waals surface area contributed by atoms with Crippen LogP contribution in [-0.2, 0) is 0 Å². The van der Waals surface area contributed by atoms with E-state index in [9.17, 15) is 0 Å². The Bertz CT molecular complexity index is 265. The van der Waals surface area contributed by atoms with Crippen molar-refractivity contribution in [3.63, 3.8) is 0 Å². The molecule has 0 radical (unpaired) electrons. The first-order valence-electron chi connectivity index (χ1n) is 5.82. The van der Waals surface area contributed by atoms with Gasteiger partial charge in [0.2, 0.25) is 0 Å². The lowest BCUT2D eigenvalue weighted by molar-refractivity contribution is 0.345. The van der Waals surface area contributed by atoms with Gasteiger partial charge in [-0.3, -0.25) is 0 Å². The van der Waals surface area contributed by atoms with Gasteiger partial charge in [-0.25, -0.2) is 0 Å². The van der Waals surface area contributed by atoms with E-state index in [1.54, 1.807) is 11.3 Å². The number of rotatable bonds is 4. The van der Waals surface area contributed by atoms with Gasteiger partial charge in [-0.15, -0.1) is 0 Å². The Morgan fingerprint density at radius 3 is 3.00 bits per heavy atom. The predicted molar refractivity (Wildman–Crippen MR) is 66.3 cm³/mol. The molecule has 1 aliphatic rings. The van der Waals surface area contributed by atoms with Gasteiger partial charge in [0.05, 0.1) is 0 Å². The minimum atomic E-state index is 0.506. The van der Waals surface area contributed by atoms with Gasteiger partial charge >= 0.3 is 0 Å². The largest absolute Gasteiger partial charge is 0.317 e. The summed E-state index contributed by atoms with van der Waals surface area (Å²) >= 11 is 1.78. The lowest BCUT2D eigenvalue weighted by Crippen LogP contribution is -2.34. The Labute approximate surface area is 96.1 Å². The second-order valence-electron chi connectivity index (χ2n) is 4.38. The first kappa shape index (κ1) is 11.1. The van der Waals surface area contributed by atoms with E-state index >= 15 is 0 Å². The lowest BCUT2D eigenvalue weighted by atomic mass is 9.97. The molecule has 2 heterocycles. The number of thiophene rings is 1. The van der Waals surface area contributed by atoms with Crippen LogP contribution in [0.2, 0.25) is 0 Å². The monoisotopic (exact) mass is 224 g/mol. The molecule has 15 heavy (non-hydrogen) atoms. The fourth-order valence-electron chi connectivity index (χ4n) is 2.07. The van der Waals surface area contributed by atoms with Gasteiger partial charge in [0, 0.05) is 6.04 Å². The average molecular weight is 224 g/mol. The van der Waals surface area contributed by atoms with E-state index in [0.717, 1.165) is 5.92 Å². The van der Waals surface area contributed by atoms with Gasteiger partial charge in [0.1, 0.15) is 0 Å². The summed E-state index contributed by atoms with van der Waals surface area (Å²) < 4.78 is 0. The second kappa shape index (κ2) is 5.64. The molecule has 1 saturated heterocycles. The molecule has 1 aromatic heterocycles. The Morgan fingerprint density at radius 1 is 1.53 bits per heavy atom. The zero-order valence-electron chi connectivity index (χ0n) is 9.33. The summed E-state index contributed by atoms with van der Waals surface area (Å²) in [6.45, 7) is 5.81. The SMILES string of the molecule is CC(NCC1CCNCC1)c1ccsc1. The smallest absolute Gasteiger partial charge is 0.0300 e. The van der Waals surface area contributed by atoms with Crippen molar-refractivity contribution in [2.45, 2.75) is 25.8 Å². The highest BCUT2D eigenvalue weighted by atomic mass is 32.1. The Hall–Kier alpha value is -0.380. The molecule has 1 atom stereocenters. The summed E-state index contributed by atoms with van der Waals surface area (Å²) in [7, 11) is 0. The van der Waals surface area contributed by atoms with Crippen LogP contribution in [0.15, 0.2) is 16.8 Å². The van der Waals surface area contributed by atoms with Crippen molar-refractivity contribution < 1.29 is 0 Å². The Kier molecular flexibility index (Phi) is 4.18. The maximum atomic E-state index is 3.63. The summed E-state index contributed by atoms with van der Waals surface area (Å²) in [5.74, 6) is 0.868. The van der Waals surface area contributed by atoms with E-state index in [1.165, 1.54) is 38.0 Å². The molecule has 1 fully saturated rings. The standard InChI is InChI=1S/C12H20N2S/c1-10(12-4-7-15-9-12)14-8-11-2-5-13-6-3-11/h4,7,9-11,13-14H,2-3,5-6,8H2,1H3. The van der Waals surface area contributed by atoms with Crippen molar-refractivity contribution in [3.8, 4) is 0 Å². The summed E-state index contributed by atoms with van der Waals surface area (Å²) in [5, 5.41) is 11.4. The van der Waals surface area contributed by atoms with E-state index in [1.807, 2.05) is 0 Å².